The minimum Gasteiger partial charge on any atom is -0.381 e. The fraction of sp³-hybridized carbons (Fsp3) is 0.650. The molecule has 23 heteroatoms. The fourth-order valence-corrected chi connectivity index (χ4v) is 8.13. The van der Waals surface area contributed by atoms with Crippen LogP contribution in [0.3, 0.4) is 0 Å². The predicted octanol–water partition coefficient (Wildman–Crippen LogP) is -2.21. The Morgan fingerprint density at radius 2 is 1.93 bits per heavy atom. The van der Waals surface area contributed by atoms with Crippen LogP contribution in [0.4, 0.5) is 5.82 Å². The molecule has 7 heterocycles. The maximum atomic E-state index is 13.1. The average molecular weight is 663 g/mol. The van der Waals surface area contributed by atoms with Gasteiger partial charge in [0.25, 0.3) is 5.91 Å². The molecule has 11 atom stereocenters. The summed E-state index contributed by atoms with van der Waals surface area (Å²) in [5.74, 6) is -0.227. The van der Waals surface area contributed by atoms with Gasteiger partial charge in [0.05, 0.1) is 37.5 Å². The number of carbonyl (C=O) groups is 1. The summed E-state index contributed by atoms with van der Waals surface area (Å²) in [6.45, 7) is -4.66. The molecule has 5 unspecified atom stereocenters. The number of nitrogen functional groups attached to an aromatic ring is 1. The van der Waals surface area contributed by atoms with E-state index < -0.39 is 69.8 Å². The molecule has 0 aliphatic carbocycles. The minimum absolute atomic E-state index is 0.0823. The molecule has 0 saturated carbocycles. The molecule has 4 fully saturated rings. The van der Waals surface area contributed by atoms with Crippen molar-refractivity contribution in [2.24, 2.45) is 10.7 Å². The Hall–Kier alpha value is -2.23. The van der Waals surface area contributed by atoms with Crippen molar-refractivity contribution in [2.45, 2.75) is 68.1 Å². The highest BCUT2D eigenvalue weighted by molar-refractivity contribution is 8.07. The number of nitrogens with two attached hydrogens (primary N) is 2. The second-order valence-corrected chi connectivity index (χ2v) is 14.6. The van der Waals surface area contributed by atoms with Crippen molar-refractivity contribution in [3.8, 4) is 0 Å². The van der Waals surface area contributed by atoms with Gasteiger partial charge in [-0.15, -0.1) is 0 Å². The number of phosphoric ester groups is 1. The maximum Gasteiger partial charge on any atom is 0.472 e. The van der Waals surface area contributed by atoms with E-state index in [4.69, 9.17) is 50.8 Å². The summed E-state index contributed by atoms with van der Waals surface area (Å²) in [6, 6.07) is -0.815. The van der Waals surface area contributed by atoms with E-state index in [1.165, 1.54) is 23.4 Å². The van der Waals surface area contributed by atoms with E-state index in [9.17, 15) is 19.1 Å². The van der Waals surface area contributed by atoms with Crippen molar-refractivity contribution in [1.82, 2.24) is 35.1 Å². The Bertz CT molecular complexity index is 1550. The van der Waals surface area contributed by atoms with Crippen molar-refractivity contribution in [3.05, 3.63) is 18.2 Å². The maximum absolute atomic E-state index is 13.1. The average Bonchev–Trinajstić information content (AvgIpc) is 3.71. The van der Waals surface area contributed by atoms with Gasteiger partial charge in [-0.2, -0.15) is 5.10 Å². The molecule has 43 heavy (non-hydrogen) atoms. The number of imidazole rings is 1. The van der Waals surface area contributed by atoms with E-state index in [0.29, 0.717) is 11.3 Å². The van der Waals surface area contributed by atoms with Crippen molar-refractivity contribution < 1.29 is 46.7 Å². The number of amides is 1. The number of fused-ring (bicyclic) bond motifs is 5. The van der Waals surface area contributed by atoms with E-state index in [0.717, 1.165) is 0 Å². The summed E-state index contributed by atoms with van der Waals surface area (Å²) in [5.41, 5.74) is 12.6. The van der Waals surface area contributed by atoms with Crippen LogP contribution >= 0.6 is 14.5 Å². The summed E-state index contributed by atoms with van der Waals surface area (Å²) in [6.07, 6.45) is -2.53. The molecular weight excluding hydrogens is 634 g/mol. The Balaban J connectivity index is 1.12. The lowest BCUT2D eigenvalue weighted by atomic mass is 10.1. The third-order valence-electron chi connectivity index (χ3n) is 7.59. The van der Waals surface area contributed by atoms with Crippen molar-refractivity contribution in [3.63, 3.8) is 0 Å². The zero-order chi connectivity index (χ0) is 30.1. The van der Waals surface area contributed by atoms with Gasteiger partial charge >= 0.3 is 14.5 Å². The van der Waals surface area contributed by atoms with Gasteiger partial charge in [-0.25, -0.2) is 19.0 Å². The van der Waals surface area contributed by atoms with Crippen molar-refractivity contribution in [2.75, 3.05) is 18.9 Å². The second kappa shape index (κ2) is 11.0. The first-order valence-corrected chi connectivity index (χ1v) is 17.2. The topological polar surface area (TPSA) is 265 Å². The predicted molar refractivity (Wildman–Crippen MR) is 146 cm³/mol. The van der Waals surface area contributed by atoms with Gasteiger partial charge in [0.2, 0.25) is 0 Å². The van der Waals surface area contributed by atoms with E-state index in [1.54, 1.807) is 4.90 Å². The smallest absolute Gasteiger partial charge is 0.381 e. The van der Waals surface area contributed by atoms with Crippen molar-refractivity contribution >= 4 is 50.1 Å². The van der Waals surface area contributed by atoms with Gasteiger partial charge in [-0.3, -0.25) is 29.9 Å². The number of aromatic nitrogens is 4. The van der Waals surface area contributed by atoms with Crippen LogP contribution in [0.15, 0.2) is 17.5 Å². The quantitative estimate of drug-likeness (QED) is 0.186. The van der Waals surface area contributed by atoms with Crippen LogP contribution in [0.5, 0.6) is 0 Å². The molecular formula is C20H28N10O10P2S. The number of anilines is 1. The molecule has 7 rings (SSSR count). The van der Waals surface area contributed by atoms with E-state index >= 15 is 0 Å². The number of ether oxygens (including phenoxy) is 2. The molecule has 234 valence electrons. The van der Waals surface area contributed by atoms with E-state index in [-0.39, 0.29) is 37.8 Å². The number of hydrogen-bond acceptors (Lipinski definition) is 17. The molecule has 20 nitrogen and oxygen atoms in total. The number of carbonyl (C=O) groups excluding carboxylic acids is 1. The van der Waals surface area contributed by atoms with Crippen LogP contribution in [0, 0.1) is 0 Å². The highest BCUT2D eigenvalue weighted by atomic mass is 32.5. The minimum atomic E-state index is -4.66. The second-order valence-electron chi connectivity index (χ2n) is 10.4. The van der Waals surface area contributed by atoms with Crippen LogP contribution in [0.2, 0.25) is 0 Å². The van der Waals surface area contributed by atoms with Crippen LogP contribution in [-0.2, 0) is 48.7 Å². The third-order valence-corrected chi connectivity index (χ3v) is 10.2. The zero-order valence-corrected chi connectivity index (χ0v) is 24.7. The van der Waals surface area contributed by atoms with Gasteiger partial charge in [0.1, 0.15) is 43.2 Å². The molecule has 2 bridgehead atoms. The summed E-state index contributed by atoms with van der Waals surface area (Å²) in [5, 5.41) is 9.73. The molecule has 5 aliphatic heterocycles. The molecule has 0 radical (unpaired) electrons. The third kappa shape index (κ3) is 5.70. The van der Waals surface area contributed by atoms with Crippen LogP contribution in [-0.4, -0.2) is 109 Å². The highest BCUT2D eigenvalue weighted by Crippen LogP contribution is 2.53. The molecule has 2 aromatic rings. The summed E-state index contributed by atoms with van der Waals surface area (Å²) >= 11 is 5.33. The first-order chi connectivity index (χ1) is 20.5. The van der Waals surface area contributed by atoms with Gasteiger partial charge in [-0.05, 0) is 11.8 Å². The Morgan fingerprint density at radius 1 is 1.09 bits per heavy atom. The van der Waals surface area contributed by atoms with Crippen LogP contribution in [0.1, 0.15) is 24.6 Å². The zero-order valence-electron chi connectivity index (χ0n) is 22.1. The lowest BCUT2D eigenvalue weighted by Gasteiger charge is -2.39. The molecule has 2 aromatic heterocycles. The summed E-state index contributed by atoms with van der Waals surface area (Å²) in [7, 11) is -4.66. The molecule has 1 amide bonds. The number of aliphatic imine (C=N–C) groups is 1. The highest BCUT2D eigenvalue weighted by Gasteiger charge is 2.51. The summed E-state index contributed by atoms with van der Waals surface area (Å²) in [4.78, 5) is 48.1. The van der Waals surface area contributed by atoms with Gasteiger partial charge in [-0.1, -0.05) is 0 Å². The normalized spacial score (nSPS) is 43.5. The molecule has 0 aromatic carbocycles. The Morgan fingerprint density at radius 3 is 2.77 bits per heavy atom. The number of phosphoric acid groups is 1. The summed E-state index contributed by atoms with van der Waals surface area (Å²) < 4.78 is 49.2. The molecule has 5 aliphatic rings. The van der Waals surface area contributed by atoms with Gasteiger partial charge in [0, 0.05) is 12.8 Å². The van der Waals surface area contributed by atoms with Gasteiger partial charge < -0.3 is 44.3 Å². The number of nitrogens with one attached hydrogen (secondary N) is 2. The number of nitrogens with zero attached hydrogens (tertiary/aromatic N) is 6. The number of rotatable bonds is 2. The molecule has 0 spiro atoms. The Labute approximate surface area is 247 Å². The largest absolute Gasteiger partial charge is 0.472 e. The first kappa shape index (κ1) is 29.5. The lowest BCUT2D eigenvalue weighted by Crippen LogP contribution is -2.70. The number of hydrogen-bond donors (Lipinski definition) is 6. The Kier molecular flexibility index (Phi) is 7.53. The standard InChI is InChI=1S/C20H28N10O10P2S/c21-15-17-23-3-9(30(17)26-6-24-15)10-2-11-13(38-10)5-36-42(34,43)40-12-1-8(4-35-41(32,33)39-11)37-19(12)29-7-25-14-16(29)27-20(22)28-18(14)31/h3,6-8,10-14,16,19-20,27H,1-2,4-5,22H2,(H,28,31)(H,32,33)(H,34,43)(H2,21,24,26)/t8-,10+,11-,12+,13+,14?,16?,19+,20?,42?/m0/s1. The van der Waals surface area contributed by atoms with E-state index in [2.05, 4.69) is 30.7 Å². The van der Waals surface area contributed by atoms with E-state index in [1.807, 2.05) is 0 Å². The lowest BCUT2D eigenvalue weighted by molar-refractivity contribution is -0.130. The van der Waals surface area contributed by atoms with Gasteiger partial charge in [0.15, 0.2) is 23.7 Å². The monoisotopic (exact) mass is 662 g/mol. The fourth-order valence-electron chi connectivity index (χ4n) is 5.71. The molecule has 8 N–H and O–H groups in total. The molecule has 4 saturated heterocycles. The first-order valence-electron chi connectivity index (χ1n) is 13.2. The SMILES string of the molecule is Nc1ncnn2c([C@H]3C[C@@H]4OP(=O)(O)OC[C@@H]5C[C@@H](OP(O)(=S)OC[C@H]4O3)[C@H](N3C=NC4C(=O)NC(N)NC43)O5)cnc12. The van der Waals surface area contributed by atoms with Crippen molar-refractivity contribution in [1.29, 1.82) is 0 Å². The van der Waals surface area contributed by atoms with Crippen LogP contribution in [0.25, 0.3) is 5.65 Å². The van der Waals surface area contributed by atoms with Crippen LogP contribution < -0.4 is 22.1 Å².